The van der Waals surface area contributed by atoms with Gasteiger partial charge in [0.25, 0.3) is 0 Å². The average Bonchev–Trinajstić information content (AvgIpc) is 2.98. The summed E-state index contributed by atoms with van der Waals surface area (Å²) in [5, 5.41) is 12.9. The molecule has 128 valence electrons. The van der Waals surface area contributed by atoms with Gasteiger partial charge in [-0.3, -0.25) is 0 Å². The molecule has 0 saturated carbocycles. The van der Waals surface area contributed by atoms with E-state index in [0.717, 1.165) is 37.0 Å². The zero-order valence-corrected chi connectivity index (χ0v) is 14.2. The van der Waals surface area contributed by atoms with E-state index in [0.29, 0.717) is 13.1 Å². The van der Waals surface area contributed by atoms with Crippen molar-refractivity contribution in [1.82, 2.24) is 10.2 Å². The van der Waals surface area contributed by atoms with Crippen LogP contribution in [-0.4, -0.2) is 61.5 Å². The number of aliphatic imine (C=N–C) groups is 1. The number of benzene rings is 1. The third-order valence-corrected chi connectivity index (χ3v) is 3.67. The molecule has 0 spiro atoms. The lowest BCUT2D eigenvalue weighted by Gasteiger charge is -2.22. The minimum Gasteiger partial charge on any atom is -0.497 e. The molecule has 1 aliphatic rings. The van der Waals surface area contributed by atoms with Gasteiger partial charge in [0.05, 0.1) is 19.8 Å². The van der Waals surface area contributed by atoms with E-state index in [1.54, 1.807) is 7.11 Å². The van der Waals surface area contributed by atoms with Crippen molar-refractivity contribution in [3.05, 3.63) is 24.3 Å². The number of guanidine groups is 1. The quantitative estimate of drug-likeness (QED) is 0.614. The van der Waals surface area contributed by atoms with Crippen LogP contribution in [0.5, 0.6) is 11.5 Å². The Kier molecular flexibility index (Phi) is 6.52. The van der Waals surface area contributed by atoms with Crippen LogP contribution in [0.2, 0.25) is 0 Å². The highest BCUT2D eigenvalue weighted by Crippen LogP contribution is 2.20. The van der Waals surface area contributed by atoms with Gasteiger partial charge in [0.15, 0.2) is 5.96 Å². The van der Waals surface area contributed by atoms with E-state index < -0.39 is 0 Å². The highest BCUT2D eigenvalue weighted by atomic mass is 16.5. The third-order valence-electron chi connectivity index (χ3n) is 3.67. The molecule has 1 aliphatic heterocycles. The lowest BCUT2D eigenvalue weighted by atomic mass is 10.3. The zero-order chi connectivity index (χ0) is 16.7. The smallest absolute Gasteiger partial charge is 0.194 e. The van der Waals surface area contributed by atoms with Crippen molar-refractivity contribution in [2.45, 2.75) is 32.5 Å². The van der Waals surface area contributed by atoms with E-state index in [1.165, 1.54) is 0 Å². The van der Waals surface area contributed by atoms with E-state index in [2.05, 4.69) is 15.2 Å². The number of methoxy groups -OCH3 is 1. The Morgan fingerprint density at radius 3 is 2.91 bits per heavy atom. The van der Waals surface area contributed by atoms with Crippen molar-refractivity contribution < 1.29 is 14.6 Å². The summed E-state index contributed by atoms with van der Waals surface area (Å²) in [4.78, 5) is 6.72. The molecule has 1 aromatic carbocycles. The maximum atomic E-state index is 9.68. The molecule has 0 aromatic heterocycles. The first-order chi connectivity index (χ1) is 11.1. The van der Waals surface area contributed by atoms with Crippen LogP contribution in [0.15, 0.2) is 29.3 Å². The molecule has 1 fully saturated rings. The van der Waals surface area contributed by atoms with Crippen molar-refractivity contribution >= 4 is 5.96 Å². The monoisotopic (exact) mass is 321 g/mol. The van der Waals surface area contributed by atoms with Gasteiger partial charge >= 0.3 is 0 Å². The number of ether oxygens (including phenoxy) is 2. The molecule has 1 unspecified atom stereocenters. The third kappa shape index (κ3) is 5.32. The molecule has 6 heteroatoms. The number of hydrogen-bond acceptors (Lipinski definition) is 4. The highest BCUT2D eigenvalue weighted by molar-refractivity contribution is 5.80. The summed E-state index contributed by atoms with van der Waals surface area (Å²) < 4.78 is 11.1. The number of nitrogens with zero attached hydrogens (tertiary/aromatic N) is 2. The van der Waals surface area contributed by atoms with Crippen molar-refractivity contribution in [2.24, 2.45) is 4.99 Å². The molecule has 0 radical (unpaired) electrons. The van der Waals surface area contributed by atoms with E-state index in [9.17, 15) is 5.11 Å². The standard InChI is InChI=1S/C17H27N3O3/c1-4-18-17(20-9-8-14(21)12-20)19-11-13(2)23-16-7-5-6-15(10-16)22-3/h5-7,10,13-14,21H,4,8-9,11-12H2,1-3H3,(H,18,19)/t13?,14-/m1/s1. The molecule has 0 aliphatic carbocycles. The van der Waals surface area contributed by atoms with Crippen LogP contribution in [0, 0.1) is 0 Å². The van der Waals surface area contributed by atoms with Gasteiger partial charge in [0.1, 0.15) is 17.6 Å². The van der Waals surface area contributed by atoms with Gasteiger partial charge in [-0.2, -0.15) is 0 Å². The van der Waals surface area contributed by atoms with E-state index in [4.69, 9.17) is 9.47 Å². The number of hydrogen-bond donors (Lipinski definition) is 2. The molecule has 0 bridgehead atoms. The maximum Gasteiger partial charge on any atom is 0.194 e. The van der Waals surface area contributed by atoms with Crippen LogP contribution in [0.4, 0.5) is 0 Å². The van der Waals surface area contributed by atoms with Crippen LogP contribution in [0.25, 0.3) is 0 Å². The van der Waals surface area contributed by atoms with Crippen molar-refractivity contribution in [2.75, 3.05) is 33.3 Å². The lowest BCUT2D eigenvalue weighted by Crippen LogP contribution is -2.41. The minimum absolute atomic E-state index is 0.0525. The van der Waals surface area contributed by atoms with Crippen molar-refractivity contribution in [1.29, 1.82) is 0 Å². The topological polar surface area (TPSA) is 66.3 Å². The first-order valence-electron chi connectivity index (χ1n) is 8.14. The molecule has 2 N–H and O–H groups in total. The molecule has 6 nitrogen and oxygen atoms in total. The second kappa shape index (κ2) is 8.62. The van der Waals surface area contributed by atoms with Gasteiger partial charge in [-0.05, 0) is 32.4 Å². The summed E-state index contributed by atoms with van der Waals surface area (Å²) in [7, 11) is 1.64. The Hall–Kier alpha value is -1.95. The lowest BCUT2D eigenvalue weighted by molar-refractivity contribution is 0.187. The molecular weight excluding hydrogens is 294 g/mol. The molecule has 1 heterocycles. The van der Waals surface area contributed by atoms with Gasteiger partial charge in [-0.15, -0.1) is 0 Å². The van der Waals surface area contributed by atoms with E-state index in [-0.39, 0.29) is 12.2 Å². The van der Waals surface area contributed by atoms with E-state index >= 15 is 0 Å². The molecule has 0 amide bonds. The normalized spacial score (nSPS) is 19.6. The molecule has 2 atom stereocenters. The van der Waals surface area contributed by atoms with Crippen LogP contribution < -0.4 is 14.8 Å². The Morgan fingerprint density at radius 2 is 2.26 bits per heavy atom. The SMILES string of the molecule is CCNC(=NCC(C)Oc1cccc(OC)c1)N1CC[C@@H](O)C1. The molecule has 1 aromatic rings. The number of aliphatic hydroxyl groups excluding tert-OH is 1. The summed E-state index contributed by atoms with van der Waals surface area (Å²) in [5.74, 6) is 2.39. The molecule has 2 rings (SSSR count). The number of likely N-dealkylation sites (tertiary alicyclic amines) is 1. The van der Waals surface area contributed by atoms with Gasteiger partial charge in [0.2, 0.25) is 0 Å². The molecular formula is C17H27N3O3. The molecule has 23 heavy (non-hydrogen) atoms. The van der Waals surface area contributed by atoms with Crippen LogP contribution >= 0.6 is 0 Å². The average molecular weight is 321 g/mol. The zero-order valence-electron chi connectivity index (χ0n) is 14.2. The van der Waals surface area contributed by atoms with Gasteiger partial charge < -0.3 is 24.8 Å². The summed E-state index contributed by atoms with van der Waals surface area (Å²) in [6.45, 7) is 6.85. The van der Waals surface area contributed by atoms with Gasteiger partial charge in [-0.1, -0.05) is 6.07 Å². The fourth-order valence-electron chi connectivity index (χ4n) is 2.52. The van der Waals surface area contributed by atoms with Crippen LogP contribution in [-0.2, 0) is 0 Å². The number of rotatable bonds is 6. The predicted molar refractivity (Wildman–Crippen MR) is 91.3 cm³/mol. The predicted octanol–water partition coefficient (Wildman–Crippen LogP) is 1.49. The maximum absolute atomic E-state index is 9.68. The number of β-amino-alcohol motifs (C(OH)–C–C–N with tert-alkyl or cyclic N) is 1. The van der Waals surface area contributed by atoms with Crippen molar-refractivity contribution in [3.8, 4) is 11.5 Å². The minimum atomic E-state index is -0.260. The highest BCUT2D eigenvalue weighted by Gasteiger charge is 2.22. The van der Waals surface area contributed by atoms with Gasteiger partial charge in [0, 0.05) is 25.7 Å². The Morgan fingerprint density at radius 1 is 1.48 bits per heavy atom. The first kappa shape index (κ1) is 17.4. The first-order valence-corrected chi connectivity index (χ1v) is 8.14. The second-order valence-corrected chi connectivity index (χ2v) is 5.69. The Bertz CT molecular complexity index is 522. The fourth-order valence-corrected chi connectivity index (χ4v) is 2.52. The summed E-state index contributed by atoms with van der Waals surface area (Å²) in [5.41, 5.74) is 0. The summed E-state index contributed by atoms with van der Waals surface area (Å²) >= 11 is 0. The van der Waals surface area contributed by atoms with E-state index in [1.807, 2.05) is 38.1 Å². The van der Waals surface area contributed by atoms with Crippen LogP contribution in [0.1, 0.15) is 20.3 Å². The number of nitrogens with one attached hydrogen (secondary N) is 1. The Labute approximate surface area is 138 Å². The largest absolute Gasteiger partial charge is 0.497 e. The fraction of sp³-hybridized carbons (Fsp3) is 0.588. The second-order valence-electron chi connectivity index (χ2n) is 5.69. The summed E-state index contributed by atoms with van der Waals surface area (Å²) in [6.07, 6.45) is 0.480. The van der Waals surface area contributed by atoms with Crippen molar-refractivity contribution in [3.63, 3.8) is 0 Å². The molecule has 1 saturated heterocycles. The Balaban J connectivity index is 1.92. The summed E-state index contributed by atoms with van der Waals surface area (Å²) in [6, 6.07) is 7.56. The number of aliphatic hydroxyl groups is 1. The van der Waals surface area contributed by atoms with Gasteiger partial charge in [-0.25, -0.2) is 4.99 Å². The van der Waals surface area contributed by atoms with Crippen LogP contribution in [0.3, 0.4) is 0 Å².